The van der Waals surface area contributed by atoms with Crippen LogP contribution in [0.4, 0.5) is 18.9 Å². The van der Waals surface area contributed by atoms with E-state index in [-0.39, 0.29) is 5.91 Å². The topological polar surface area (TPSA) is 104 Å². The van der Waals surface area contributed by atoms with E-state index in [1.54, 1.807) is 0 Å². The van der Waals surface area contributed by atoms with Crippen LogP contribution in [0.1, 0.15) is 34.8 Å². The zero-order valence-electron chi connectivity index (χ0n) is 15.0. The third-order valence-electron chi connectivity index (χ3n) is 4.03. The average Bonchev–Trinajstić information content (AvgIpc) is 2.69. The molecule has 1 amide bonds. The number of benzene rings is 1. The Morgan fingerprint density at radius 3 is 2.31 bits per heavy atom. The van der Waals surface area contributed by atoms with Crippen molar-refractivity contribution in [3.05, 3.63) is 52.5 Å². The number of carboxylic acid groups (broad SMARTS) is 1. The largest absolute Gasteiger partial charge is 0.490 e. The lowest BCUT2D eigenvalue weighted by atomic mass is 9.92. The normalized spacial score (nSPS) is 16.3. The number of alkyl halides is 3. The number of nitrogens with one attached hydrogen (secondary N) is 2. The van der Waals surface area contributed by atoms with Crippen LogP contribution in [0.3, 0.4) is 0 Å². The lowest BCUT2D eigenvalue weighted by Crippen LogP contribution is -2.28. The second-order valence-electron chi connectivity index (χ2n) is 6.15. The number of piperidine rings is 1. The zero-order chi connectivity index (χ0) is 21.4. The second kappa shape index (κ2) is 10.3. The summed E-state index contributed by atoms with van der Waals surface area (Å²) in [5, 5.41) is 13.4. The number of carbonyl (C=O) groups is 2. The van der Waals surface area contributed by atoms with Gasteiger partial charge in [-0.15, -0.1) is 0 Å². The Morgan fingerprint density at radius 1 is 1.17 bits per heavy atom. The van der Waals surface area contributed by atoms with Crippen molar-refractivity contribution in [1.29, 1.82) is 0 Å². The summed E-state index contributed by atoms with van der Waals surface area (Å²) in [6.45, 7) is 2.14. The molecular formula is C18H18BrF3N4O3. The summed E-state index contributed by atoms with van der Waals surface area (Å²) in [6.07, 6.45) is 0.300. The molecule has 7 nitrogen and oxygen atoms in total. The Labute approximate surface area is 172 Å². The molecule has 1 saturated heterocycles. The van der Waals surface area contributed by atoms with Crippen molar-refractivity contribution in [2.75, 3.05) is 18.4 Å². The average molecular weight is 475 g/mol. The highest BCUT2D eigenvalue weighted by atomic mass is 79.9. The van der Waals surface area contributed by atoms with Gasteiger partial charge in [0.15, 0.2) is 0 Å². The number of aromatic nitrogens is 2. The van der Waals surface area contributed by atoms with Crippen molar-refractivity contribution in [3.8, 4) is 0 Å². The molecule has 1 fully saturated rings. The standard InChI is InChI=1S/C16H17BrN4O.C2HF3O2/c17-15-10-19-14(9-20-15)16(22)21-13-5-3-11(4-6-13)12-2-1-7-18-8-12;3-2(4,5)1(6)7/h3-6,9-10,12,18H,1-2,7-8H2,(H,21,22);(H,6,7). The fourth-order valence-electron chi connectivity index (χ4n) is 2.60. The predicted octanol–water partition coefficient (Wildman–Crippen LogP) is 3.59. The number of nitrogens with zero attached hydrogens (tertiary/aromatic N) is 2. The van der Waals surface area contributed by atoms with Crippen molar-refractivity contribution in [3.63, 3.8) is 0 Å². The van der Waals surface area contributed by atoms with Gasteiger partial charge >= 0.3 is 12.1 Å². The van der Waals surface area contributed by atoms with E-state index in [2.05, 4.69) is 48.7 Å². The monoisotopic (exact) mass is 474 g/mol. The molecule has 2 aromatic rings. The van der Waals surface area contributed by atoms with Gasteiger partial charge in [-0.2, -0.15) is 13.2 Å². The molecule has 3 rings (SSSR count). The maximum Gasteiger partial charge on any atom is 0.490 e. The molecule has 0 spiro atoms. The van der Waals surface area contributed by atoms with Crippen molar-refractivity contribution in [2.45, 2.75) is 24.9 Å². The van der Waals surface area contributed by atoms with Gasteiger partial charge in [0.05, 0.1) is 12.4 Å². The van der Waals surface area contributed by atoms with Crippen LogP contribution in [0.25, 0.3) is 0 Å². The molecule has 1 aromatic heterocycles. The Balaban J connectivity index is 0.000000370. The van der Waals surface area contributed by atoms with Gasteiger partial charge in [0, 0.05) is 12.2 Å². The van der Waals surface area contributed by atoms with E-state index in [4.69, 9.17) is 9.90 Å². The van der Waals surface area contributed by atoms with Crippen LogP contribution < -0.4 is 10.6 Å². The minimum absolute atomic E-state index is 0.257. The molecule has 1 unspecified atom stereocenters. The Bertz CT molecular complexity index is 824. The third kappa shape index (κ3) is 7.42. The van der Waals surface area contributed by atoms with Crippen molar-refractivity contribution in [1.82, 2.24) is 15.3 Å². The van der Waals surface area contributed by atoms with E-state index in [0.29, 0.717) is 16.2 Å². The summed E-state index contributed by atoms with van der Waals surface area (Å²) in [7, 11) is 0. The number of anilines is 1. The maximum atomic E-state index is 12.1. The first-order valence-electron chi connectivity index (χ1n) is 8.56. The van der Waals surface area contributed by atoms with Gasteiger partial charge in [-0.05, 0) is 58.9 Å². The molecule has 3 N–H and O–H groups in total. The number of halogens is 4. The van der Waals surface area contributed by atoms with Gasteiger partial charge < -0.3 is 15.7 Å². The van der Waals surface area contributed by atoms with Crippen LogP contribution >= 0.6 is 15.9 Å². The molecule has 156 valence electrons. The number of amides is 1. The molecule has 0 radical (unpaired) electrons. The molecule has 29 heavy (non-hydrogen) atoms. The van der Waals surface area contributed by atoms with Gasteiger partial charge in [-0.3, -0.25) is 4.79 Å². The van der Waals surface area contributed by atoms with Crippen molar-refractivity contribution in [2.24, 2.45) is 0 Å². The van der Waals surface area contributed by atoms with Crippen molar-refractivity contribution < 1.29 is 27.9 Å². The Hall–Kier alpha value is -2.53. The highest BCUT2D eigenvalue weighted by molar-refractivity contribution is 9.10. The van der Waals surface area contributed by atoms with Crippen LogP contribution in [-0.2, 0) is 4.79 Å². The predicted molar refractivity (Wildman–Crippen MR) is 103 cm³/mol. The van der Waals surface area contributed by atoms with Crippen LogP contribution in [0, 0.1) is 0 Å². The molecule has 11 heteroatoms. The van der Waals surface area contributed by atoms with Crippen LogP contribution in [-0.4, -0.2) is 46.2 Å². The molecule has 0 aliphatic carbocycles. The van der Waals surface area contributed by atoms with Crippen LogP contribution in [0.15, 0.2) is 41.3 Å². The van der Waals surface area contributed by atoms with E-state index in [9.17, 15) is 18.0 Å². The fraction of sp³-hybridized carbons (Fsp3) is 0.333. The first-order chi connectivity index (χ1) is 13.7. The first-order valence-corrected chi connectivity index (χ1v) is 9.36. The maximum absolute atomic E-state index is 12.1. The minimum atomic E-state index is -5.08. The first kappa shape index (κ1) is 22.8. The summed E-state index contributed by atoms with van der Waals surface area (Å²) < 4.78 is 32.3. The van der Waals surface area contributed by atoms with Gasteiger partial charge in [-0.1, -0.05) is 12.1 Å². The Morgan fingerprint density at radius 2 is 1.83 bits per heavy atom. The third-order valence-corrected chi connectivity index (χ3v) is 4.44. The van der Waals surface area contributed by atoms with E-state index in [1.165, 1.54) is 30.8 Å². The highest BCUT2D eigenvalue weighted by Gasteiger charge is 2.38. The SMILES string of the molecule is O=C(Nc1ccc(C2CCCNC2)cc1)c1cnc(Br)cn1.O=C(O)C(F)(F)F. The van der Waals surface area contributed by atoms with Crippen molar-refractivity contribution >= 4 is 33.5 Å². The van der Waals surface area contributed by atoms with E-state index >= 15 is 0 Å². The van der Waals surface area contributed by atoms with Gasteiger partial charge in [0.2, 0.25) is 0 Å². The summed E-state index contributed by atoms with van der Waals surface area (Å²) in [5.41, 5.74) is 2.37. The molecule has 1 aliphatic heterocycles. The van der Waals surface area contributed by atoms with Gasteiger partial charge in [-0.25, -0.2) is 14.8 Å². The summed E-state index contributed by atoms with van der Waals surface area (Å²) in [6, 6.07) is 8.04. The molecule has 1 atom stereocenters. The Kier molecular flexibility index (Phi) is 8.09. The van der Waals surface area contributed by atoms with E-state index in [1.807, 2.05) is 12.1 Å². The minimum Gasteiger partial charge on any atom is -0.475 e. The van der Waals surface area contributed by atoms with Gasteiger partial charge in [0.1, 0.15) is 10.3 Å². The molecule has 1 aliphatic rings. The number of carbonyl (C=O) groups excluding carboxylic acids is 1. The summed E-state index contributed by atoms with van der Waals surface area (Å²) >= 11 is 3.20. The molecular weight excluding hydrogens is 457 g/mol. The lowest BCUT2D eigenvalue weighted by Gasteiger charge is -2.23. The van der Waals surface area contributed by atoms with E-state index < -0.39 is 12.1 Å². The number of hydrogen-bond donors (Lipinski definition) is 3. The molecule has 0 saturated carbocycles. The van der Waals surface area contributed by atoms with E-state index in [0.717, 1.165) is 18.8 Å². The second-order valence-corrected chi connectivity index (χ2v) is 6.96. The number of rotatable bonds is 3. The summed E-state index contributed by atoms with van der Waals surface area (Å²) in [4.78, 5) is 29.0. The quantitative estimate of drug-likeness (QED) is 0.627. The lowest BCUT2D eigenvalue weighted by molar-refractivity contribution is -0.192. The highest BCUT2D eigenvalue weighted by Crippen LogP contribution is 2.24. The number of aliphatic carboxylic acids is 1. The number of hydrogen-bond acceptors (Lipinski definition) is 5. The molecule has 2 heterocycles. The smallest absolute Gasteiger partial charge is 0.475 e. The molecule has 0 bridgehead atoms. The fourth-order valence-corrected chi connectivity index (χ4v) is 2.80. The zero-order valence-corrected chi connectivity index (χ0v) is 16.6. The van der Waals surface area contributed by atoms with Gasteiger partial charge in [0.25, 0.3) is 5.91 Å². The van der Waals surface area contributed by atoms with Crippen LogP contribution in [0.2, 0.25) is 0 Å². The summed E-state index contributed by atoms with van der Waals surface area (Å²) in [5.74, 6) is -2.45. The number of carboxylic acids is 1. The molecule has 1 aromatic carbocycles. The van der Waals surface area contributed by atoms with Crippen LogP contribution in [0.5, 0.6) is 0 Å².